The van der Waals surface area contributed by atoms with Gasteiger partial charge in [0.25, 0.3) is 0 Å². The highest BCUT2D eigenvalue weighted by molar-refractivity contribution is 5.77. The number of ketones is 1. The normalized spacial score (nSPS) is 13.1. The molecule has 0 saturated heterocycles. The first-order valence-electron chi connectivity index (χ1n) is 3.83. The zero-order chi connectivity index (χ0) is 7.98. The summed E-state index contributed by atoms with van der Waals surface area (Å²) >= 11 is 0. The molecule has 0 saturated carbocycles. The van der Waals surface area contributed by atoms with Gasteiger partial charge in [0.1, 0.15) is 5.78 Å². The average molecular weight is 144 g/mol. The fraction of sp³-hybridized carbons (Fsp3) is 0.875. The van der Waals surface area contributed by atoms with Crippen LogP contribution in [0.5, 0.6) is 0 Å². The minimum absolute atomic E-state index is 0.191. The predicted molar refractivity (Wildman–Crippen MR) is 40.8 cm³/mol. The lowest BCUT2D eigenvalue weighted by Crippen LogP contribution is -2.04. The van der Waals surface area contributed by atoms with E-state index in [1.807, 2.05) is 13.8 Å². The van der Waals surface area contributed by atoms with Crippen LogP contribution in [0.15, 0.2) is 0 Å². The molecule has 0 aromatic heterocycles. The molecule has 1 atom stereocenters. The number of Topliss-reactive ketones (excluding diaryl/α,β-unsaturated/α-hetero) is 1. The summed E-state index contributed by atoms with van der Waals surface area (Å²) in [6, 6.07) is 0. The predicted octanol–water partition coefficient (Wildman–Crippen LogP) is 1.37. The van der Waals surface area contributed by atoms with E-state index in [-0.39, 0.29) is 12.5 Å². The summed E-state index contributed by atoms with van der Waals surface area (Å²) in [6.45, 7) is 4.01. The molecule has 0 fully saturated rings. The van der Waals surface area contributed by atoms with Gasteiger partial charge in [0.15, 0.2) is 0 Å². The van der Waals surface area contributed by atoms with Gasteiger partial charge < -0.3 is 5.11 Å². The van der Waals surface area contributed by atoms with Crippen molar-refractivity contribution in [2.45, 2.75) is 33.1 Å². The Morgan fingerprint density at radius 2 is 2.20 bits per heavy atom. The molecule has 2 nitrogen and oxygen atoms in total. The van der Waals surface area contributed by atoms with E-state index in [2.05, 4.69) is 0 Å². The molecule has 0 aromatic carbocycles. The van der Waals surface area contributed by atoms with Crippen molar-refractivity contribution >= 4 is 5.78 Å². The number of hydrogen-bond donors (Lipinski definition) is 1. The SMILES string of the molecule is CCC(=O)CCC(C)CO. The van der Waals surface area contributed by atoms with E-state index in [1.165, 1.54) is 0 Å². The second-order valence-corrected chi connectivity index (χ2v) is 2.72. The number of aliphatic hydroxyl groups excluding tert-OH is 1. The molecule has 0 amide bonds. The quantitative estimate of drug-likeness (QED) is 0.632. The van der Waals surface area contributed by atoms with E-state index in [0.29, 0.717) is 18.6 Å². The molecule has 0 bridgehead atoms. The summed E-state index contributed by atoms with van der Waals surface area (Å²) in [5.41, 5.74) is 0. The van der Waals surface area contributed by atoms with Crippen molar-refractivity contribution < 1.29 is 9.90 Å². The average Bonchev–Trinajstić information content (AvgIpc) is 1.99. The Kier molecular flexibility index (Phi) is 5.22. The molecule has 1 unspecified atom stereocenters. The van der Waals surface area contributed by atoms with E-state index in [0.717, 1.165) is 6.42 Å². The van der Waals surface area contributed by atoms with Crippen molar-refractivity contribution in [3.05, 3.63) is 0 Å². The van der Waals surface area contributed by atoms with Gasteiger partial charge in [-0.15, -0.1) is 0 Å². The van der Waals surface area contributed by atoms with Crippen molar-refractivity contribution in [3.63, 3.8) is 0 Å². The minimum Gasteiger partial charge on any atom is -0.396 e. The van der Waals surface area contributed by atoms with E-state index in [4.69, 9.17) is 5.11 Å². The largest absolute Gasteiger partial charge is 0.396 e. The van der Waals surface area contributed by atoms with Gasteiger partial charge in [-0.3, -0.25) is 4.79 Å². The molecule has 0 spiro atoms. The third-order valence-corrected chi connectivity index (χ3v) is 1.62. The van der Waals surface area contributed by atoms with Crippen LogP contribution in [-0.4, -0.2) is 17.5 Å². The monoisotopic (exact) mass is 144 g/mol. The van der Waals surface area contributed by atoms with Gasteiger partial charge in [-0.1, -0.05) is 13.8 Å². The molecule has 60 valence electrons. The van der Waals surface area contributed by atoms with Gasteiger partial charge in [0.05, 0.1) is 0 Å². The number of hydrogen-bond acceptors (Lipinski definition) is 2. The molecule has 0 aliphatic heterocycles. The fourth-order valence-electron chi connectivity index (χ4n) is 0.675. The van der Waals surface area contributed by atoms with Gasteiger partial charge in [-0.2, -0.15) is 0 Å². The van der Waals surface area contributed by atoms with Crippen molar-refractivity contribution in [1.29, 1.82) is 0 Å². The second kappa shape index (κ2) is 5.42. The molecule has 1 N–H and O–H groups in total. The molecule has 2 heteroatoms. The maximum Gasteiger partial charge on any atom is 0.132 e. The summed E-state index contributed by atoms with van der Waals surface area (Å²) in [5, 5.41) is 8.61. The summed E-state index contributed by atoms with van der Waals surface area (Å²) in [7, 11) is 0. The zero-order valence-electron chi connectivity index (χ0n) is 6.76. The van der Waals surface area contributed by atoms with E-state index < -0.39 is 0 Å². The maximum atomic E-state index is 10.8. The Labute approximate surface area is 62.2 Å². The molecule has 0 aliphatic rings. The number of carbonyl (C=O) groups excluding carboxylic acids is 1. The van der Waals surface area contributed by atoms with Gasteiger partial charge >= 0.3 is 0 Å². The zero-order valence-corrected chi connectivity index (χ0v) is 6.76. The third kappa shape index (κ3) is 4.50. The number of carbonyl (C=O) groups is 1. The van der Waals surface area contributed by atoms with Gasteiger partial charge in [-0.25, -0.2) is 0 Å². The molecular weight excluding hydrogens is 128 g/mol. The summed E-state index contributed by atoms with van der Waals surface area (Å²) in [6.07, 6.45) is 2.07. The Hall–Kier alpha value is -0.370. The Bertz CT molecular complexity index is 99.4. The van der Waals surface area contributed by atoms with Crippen LogP contribution < -0.4 is 0 Å². The molecule has 0 aliphatic carbocycles. The number of aliphatic hydroxyl groups is 1. The van der Waals surface area contributed by atoms with Crippen molar-refractivity contribution in [2.75, 3.05) is 6.61 Å². The van der Waals surface area contributed by atoms with Crippen LogP contribution in [0.1, 0.15) is 33.1 Å². The highest BCUT2D eigenvalue weighted by atomic mass is 16.3. The van der Waals surface area contributed by atoms with Gasteiger partial charge in [-0.05, 0) is 12.3 Å². The van der Waals surface area contributed by atoms with Crippen molar-refractivity contribution in [2.24, 2.45) is 5.92 Å². The van der Waals surface area contributed by atoms with Crippen LogP contribution in [0.3, 0.4) is 0 Å². The van der Waals surface area contributed by atoms with Gasteiger partial charge in [0, 0.05) is 19.4 Å². The smallest absolute Gasteiger partial charge is 0.132 e. The molecule has 0 aromatic rings. The second-order valence-electron chi connectivity index (χ2n) is 2.72. The van der Waals surface area contributed by atoms with Crippen LogP contribution in [-0.2, 0) is 4.79 Å². The van der Waals surface area contributed by atoms with Crippen molar-refractivity contribution in [3.8, 4) is 0 Å². The van der Waals surface area contributed by atoms with E-state index in [9.17, 15) is 4.79 Å². The Morgan fingerprint density at radius 3 is 2.60 bits per heavy atom. The van der Waals surface area contributed by atoms with Crippen LogP contribution in [0.4, 0.5) is 0 Å². The van der Waals surface area contributed by atoms with Crippen LogP contribution in [0.2, 0.25) is 0 Å². The first-order valence-corrected chi connectivity index (χ1v) is 3.83. The molecule has 0 radical (unpaired) electrons. The van der Waals surface area contributed by atoms with Crippen LogP contribution in [0.25, 0.3) is 0 Å². The lowest BCUT2D eigenvalue weighted by molar-refractivity contribution is -0.119. The van der Waals surface area contributed by atoms with Gasteiger partial charge in [0.2, 0.25) is 0 Å². The summed E-state index contributed by atoms with van der Waals surface area (Å²) in [4.78, 5) is 10.8. The maximum absolute atomic E-state index is 10.8. The molecular formula is C8H16O2. The molecule has 0 rings (SSSR count). The lowest BCUT2D eigenvalue weighted by Gasteiger charge is -2.04. The Balaban J connectivity index is 3.26. The molecule has 10 heavy (non-hydrogen) atoms. The van der Waals surface area contributed by atoms with Crippen LogP contribution >= 0.6 is 0 Å². The van der Waals surface area contributed by atoms with Crippen molar-refractivity contribution in [1.82, 2.24) is 0 Å². The lowest BCUT2D eigenvalue weighted by atomic mass is 10.0. The fourth-order valence-corrected chi connectivity index (χ4v) is 0.675. The molecule has 0 heterocycles. The highest BCUT2D eigenvalue weighted by Crippen LogP contribution is 2.05. The first kappa shape index (κ1) is 9.63. The van der Waals surface area contributed by atoms with Crippen LogP contribution in [0, 0.1) is 5.92 Å². The van der Waals surface area contributed by atoms with E-state index >= 15 is 0 Å². The summed E-state index contributed by atoms with van der Waals surface area (Å²) < 4.78 is 0. The third-order valence-electron chi connectivity index (χ3n) is 1.62. The standard InChI is InChI=1S/C8H16O2/c1-3-8(10)5-4-7(2)6-9/h7,9H,3-6H2,1-2H3. The first-order chi connectivity index (χ1) is 4.70. The number of rotatable bonds is 5. The Morgan fingerprint density at radius 1 is 1.60 bits per heavy atom. The highest BCUT2D eigenvalue weighted by Gasteiger charge is 2.02. The topological polar surface area (TPSA) is 37.3 Å². The minimum atomic E-state index is 0.191. The summed E-state index contributed by atoms with van der Waals surface area (Å²) in [5.74, 6) is 0.566. The van der Waals surface area contributed by atoms with E-state index in [1.54, 1.807) is 0 Å².